The van der Waals surface area contributed by atoms with Crippen molar-refractivity contribution in [3.8, 4) is 5.69 Å². The van der Waals surface area contributed by atoms with E-state index in [1.807, 2.05) is 65.0 Å². The maximum Gasteiger partial charge on any atom is 0.322 e. The molecule has 7 nitrogen and oxygen atoms in total. The number of rotatable bonds is 7. The van der Waals surface area contributed by atoms with Crippen molar-refractivity contribution in [3.05, 3.63) is 71.4 Å². The number of halogens is 2. The fourth-order valence-corrected chi connectivity index (χ4v) is 3.46. The van der Waals surface area contributed by atoms with E-state index in [0.29, 0.717) is 18.3 Å². The van der Waals surface area contributed by atoms with Gasteiger partial charge in [-0.15, -0.1) is 0 Å². The molecule has 1 aromatic heterocycles. The number of aryl methyl sites for hydroxylation is 1. The molecule has 0 aliphatic heterocycles. The van der Waals surface area contributed by atoms with Crippen molar-refractivity contribution in [3.63, 3.8) is 0 Å². The second-order valence-corrected chi connectivity index (χ2v) is 9.44. The smallest absolute Gasteiger partial charge is 0.315 e. The number of benzene rings is 2. The van der Waals surface area contributed by atoms with E-state index in [9.17, 15) is 18.4 Å². The second-order valence-electron chi connectivity index (χ2n) is 9.44. The van der Waals surface area contributed by atoms with Gasteiger partial charge < -0.3 is 15.5 Å². The summed E-state index contributed by atoms with van der Waals surface area (Å²) in [7, 11) is 0. The third-order valence-electron chi connectivity index (χ3n) is 5.28. The average Bonchev–Trinajstić information content (AvgIpc) is 3.19. The van der Waals surface area contributed by atoms with Crippen LogP contribution in [0.25, 0.3) is 5.69 Å². The third kappa shape index (κ3) is 6.65. The Labute approximate surface area is 204 Å². The molecule has 2 aromatic carbocycles. The Balaban J connectivity index is 1.80. The summed E-state index contributed by atoms with van der Waals surface area (Å²) in [4.78, 5) is 27.0. The minimum atomic E-state index is -0.893. The molecule has 186 valence electrons. The van der Waals surface area contributed by atoms with Crippen LogP contribution in [-0.2, 0) is 10.2 Å². The van der Waals surface area contributed by atoms with E-state index in [4.69, 9.17) is 5.10 Å². The van der Waals surface area contributed by atoms with Gasteiger partial charge in [-0.2, -0.15) is 5.10 Å². The van der Waals surface area contributed by atoms with Gasteiger partial charge in [-0.25, -0.2) is 18.3 Å². The standard InChI is InChI=1S/C26H31F2N5O2/c1-6-12-32(25(35)29-21-11-10-18(27)14-20(21)28)16-24(34)30-23-15-22(26(3,4)5)31-33(23)19-9-7-8-17(2)13-19/h7-11,13-15H,6,12,16H2,1-5H3,(H,29,35)(H,30,34). The first-order chi connectivity index (χ1) is 16.5. The monoisotopic (exact) mass is 483 g/mol. The molecule has 0 unspecified atom stereocenters. The highest BCUT2D eigenvalue weighted by atomic mass is 19.1. The first-order valence-electron chi connectivity index (χ1n) is 11.5. The summed E-state index contributed by atoms with van der Waals surface area (Å²) in [5.74, 6) is -1.59. The van der Waals surface area contributed by atoms with Crippen molar-refractivity contribution in [1.29, 1.82) is 0 Å². The van der Waals surface area contributed by atoms with Crippen molar-refractivity contribution in [1.82, 2.24) is 14.7 Å². The Morgan fingerprint density at radius 1 is 1.06 bits per heavy atom. The van der Waals surface area contributed by atoms with Crippen molar-refractivity contribution in [2.24, 2.45) is 0 Å². The molecule has 0 radical (unpaired) electrons. The summed E-state index contributed by atoms with van der Waals surface area (Å²) in [6, 6.07) is 11.8. The van der Waals surface area contributed by atoms with Gasteiger partial charge in [0, 0.05) is 24.1 Å². The second kappa shape index (κ2) is 10.7. The third-order valence-corrected chi connectivity index (χ3v) is 5.28. The Morgan fingerprint density at radius 3 is 2.43 bits per heavy atom. The highest BCUT2D eigenvalue weighted by molar-refractivity contribution is 5.96. The van der Waals surface area contributed by atoms with Crippen LogP contribution in [0, 0.1) is 18.6 Å². The number of aromatic nitrogens is 2. The lowest BCUT2D eigenvalue weighted by Crippen LogP contribution is -2.41. The van der Waals surface area contributed by atoms with Crippen LogP contribution in [0.3, 0.4) is 0 Å². The van der Waals surface area contributed by atoms with Gasteiger partial charge in [-0.05, 0) is 43.2 Å². The molecule has 0 atom stereocenters. The quantitative estimate of drug-likeness (QED) is 0.457. The lowest BCUT2D eigenvalue weighted by molar-refractivity contribution is -0.116. The zero-order chi connectivity index (χ0) is 25.8. The molecule has 0 bridgehead atoms. The molecule has 3 amide bonds. The maximum atomic E-state index is 14.0. The molecule has 2 N–H and O–H groups in total. The highest BCUT2D eigenvalue weighted by Gasteiger charge is 2.23. The summed E-state index contributed by atoms with van der Waals surface area (Å²) in [6.45, 7) is 9.94. The van der Waals surface area contributed by atoms with Gasteiger partial charge in [0.15, 0.2) is 0 Å². The van der Waals surface area contributed by atoms with Crippen LogP contribution in [0.4, 0.5) is 25.1 Å². The zero-order valence-electron chi connectivity index (χ0n) is 20.7. The number of amides is 3. The minimum absolute atomic E-state index is 0.162. The van der Waals surface area contributed by atoms with Crippen LogP contribution < -0.4 is 10.6 Å². The predicted octanol–water partition coefficient (Wildman–Crippen LogP) is 5.64. The number of urea groups is 1. The predicted molar refractivity (Wildman–Crippen MR) is 133 cm³/mol. The van der Waals surface area contributed by atoms with E-state index in [1.54, 1.807) is 4.68 Å². The van der Waals surface area contributed by atoms with E-state index in [2.05, 4.69) is 10.6 Å². The van der Waals surface area contributed by atoms with Gasteiger partial charge in [0.25, 0.3) is 0 Å². The molecular formula is C26H31F2N5O2. The number of carbonyl (C=O) groups is 2. The van der Waals surface area contributed by atoms with E-state index >= 15 is 0 Å². The molecule has 0 saturated heterocycles. The SMILES string of the molecule is CCCN(CC(=O)Nc1cc(C(C)(C)C)nn1-c1cccc(C)c1)C(=O)Nc1ccc(F)cc1F. The number of hydrogen-bond acceptors (Lipinski definition) is 3. The minimum Gasteiger partial charge on any atom is -0.315 e. The fourth-order valence-electron chi connectivity index (χ4n) is 3.46. The number of hydrogen-bond donors (Lipinski definition) is 2. The molecule has 0 aliphatic carbocycles. The van der Waals surface area contributed by atoms with Gasteiger partial charge in [0.1, 0.15) is 24.0 Å². The molecular weight excluding hydrogens is 452 g/mol. The Hall–Kier alpha value is -3.75. The average molecular weight is 484 g/mol. The molecule has 35 heavy (non-hydrogen) atoms. The van der Waals surface area contributed by atoms with Crippen LogP contribution in [-0.4, -0.2) is 39.7 Å². The Kier molecular flexibility index (Phi) is 7.89. The van der Waals surface area contributed by atoms with Gasteiger partial charge in [-0.3, -0.25) is 4.79 Å². The van der Waals surface area contributed by atoms with E-state index in [-0.39, 0.29) is 24.2 Å². The van der Waals surface area contributed by atoms with Crippen LogP contribution in [0.15, 0.2) is 48.5 Å². The van der Waals surface area contributed by atoms with Crippen molar-refractivity contribution < 1.29 is 18.4 Å². The summed E-state index contributed by atoms with van der Waals surface area (Å²) in [5, 5.41) is 9.98. The van der Waals surface area contributed by atoms with Gasteiger partial charge in [0.05, 0.1) is 17.1 Å². The van der Waals surface area contributed by atoms with E-state index < -0.39 is 23.6 Å². The molecule has 9 heteroatoms. The van der Waals surface area contributed by atoms with Crippen molar-refractivity contribution in [2.45, 2.75) is 46.5 Å². The van der Waals surface area contributed by atoms with Gasteiger partial charge >= 0.3 is 6.03 Å². The Morgan fingerprint density at radius 2 is 1.80 bits per heavy atom. The number of nitrogens with zero attached hydrogens (tertiary/aromatic N) is 3. The van der Waals surface area contributed by atoms with Crippen molar-refractivity contribution >= 4 is 23.4 Å². The number of nitrogens with one attached hydrogen (secondary N) is 2. The topological polar surface area (TPSA) is 79.3 Å². The molecule has 3 rings (SSSR count). The van der Waals surface area contributed by atoms with E-state index in [1.165, 1.54) is 4.90 Å². The molecule has 0 spiro atoms. The number of anilines is 2. The summed E-state index contributed by atoms with van der Waals surface area (Å²) in [5.41, 5.74) is 2.23. The Bertz CT molecular complexity index is 1220. The van der Waals surface area contributed by atoms with Crippen molar-refractivity contribution in [2.75, 3.05) is 23.7 Å². The molecule has 3 aromatic rings. The highest BCUT2D eigenvalue weighted by Crippen LogP contribution is 2.26. The summed E-state index contributed by atoms with van der Waals surface area (Å²) < 4.78 is 28.8. The van der Waals surface area contributed by atoms with Gasteiger partial charge in [-0.1, -0.05) is 39.8 Å². The lowest BCUT2D eigenvalue weighted by atomic mass is 9.92. The van der Waals surface area contributed by atoms with Crippen LogP contribution in [0.2, 0.25) is 0 Å². The molecule has 0 saturated carbocycles. The maximum absolute atomic E-state index is 14.0. The largest absolute Gasteiger partial charge is 0.322 e. The van der Waals surface area contributed by atoms with Crippen LogP contribution >= 0.6 is 0 Å². The van der Waals surface area contributed by atoms with Crippen LogP contribution in [0.5, 0.6) is 0 Å². The van der Waals surface area contributed by atoms with Crippen LogP contribution in [0.1, 0.15) is 45.4 Å². The summed E-state index contributed by atoms with van der Waals surface area (Å²) in [6.07, 6.45) is 0.585. The zero-order valence-corrected chi connectivity index (χ0v) is 20.7. The molecule has 0 aliphatic rings. The summed E-state index contributed by atoms with van der Waals surface area (Å²) >= 11 is 0. The number of carbonyl (C=O) groups excluding carboxylic acids is 2. The van der Waals surface area contributed by atoms with E-state index in [0.717, 1.165) is 29.1 Å². The first kappa shape index (κ1) is 25.9. The normalized spacial score (nSPS) is 11.3. The first-order valence-corrected chi connectivity index (χ1v) is 11.5. The fraction of sp³-hybridized carbons (Fsp3) is 0.346. The molecule has 0 fully saturated rings. The van der Waals surface area contributed by atoms with Gasteiger partial charge in [0.2, 0.25) is 5.91 Å². The lowest BCUT2D eigenvalue weighted by Gasteiger charge is -2.22. The molecule has 1 heterocycles.